The third kappa shape index (κ3) is 2.60. The van der Waals surface area contributed by atoms with Crippen LogP contribution in [0.4, 0.5) is 11.4 Å². The van der Waals surface area contributed by atoms with Gasteiger partial charge in [-0.25, -0.2) is 4.79 Å². The largest absolute Gasteiger partial charge is 0.456 e. The van der Waals surface area contributed by atoms with Crippen molar-refractivity contribution in [1.29, 1.82) is 0 Å². The van der Waals surface area contributed by atoms with Gasteiger partial charge in [0.1, 0.15) is 11.5 Å². The number of rotatable bonds is 2. The number of carbonyl (C=O) groups is 1. The molecule has 0 aromatic heterocycles. The summed E-state index contributed by atoms with van der Waals surface area (Å²) in [6.45, 7) is 2.06. The van der Waals surface area contributed by atoms with Crippen LogP contribution in [-0.4, -0.2) is 5.97 Å². The Bertz CT molecular complexity index is 1410. The van der Waals surface area contributed by atoms with Gasteiger partial charge < -0.3 is 14.8 Å². The van der Waals surface area contributed by atoms with Crippen LogP contribution in [0.2, 0.25) is 5.02 Å². The van der Waals surface area contributed by atoms with Gasteiger partial charge in [-0.1, -0.05) is 60.1 Å². The number of aryl methyl sites for hydroxylation is 1. The van der Waals surface area contributed by atoms with Gasteiger partial charge in [-0.3, -0.25) is 0 Å². The van der Waals surface area contributed by atoms with Crippen molar-refractivity contribution in [3.63, 3.8) is 0 Å². The van der Waals surface area contributed by atoms with Crippen LogP contribution in [-0.2, 0) is 10.3 Å². The summed E-state index contributed by atoms with van der Waals surface area (Å²) in [7, 11) is 0. The van der Waals surface area contributed by atoms with Crippen LogP contribution < -0.4 is 10.1 Å². The molecule has 0 aliphatic carbocycles. The molecule has 156 valence electrons. The van der Waals surface area contributed by atoms with Crippen LogP contribution in [0.1, 0.15) is 32.6 Å². The smallest absolute Gasteiger partial charge is 0.341 e. The predicted molar refractivity (Wildman–Crippen MR) is 124 cm³/mol. The third-order valence-corrected chi connectivity index (χ3v) is 6.43. The van der Waals surface area contributed by atoms with Gasteiger partial charge >= 0.3 is 5.97 Å². The second kappa shape index (κ2) is 6.87. The Morgan fingerprint density at radius 2 is 1.56 bits per heavy atom. The van der Waals surface area contributed by atoms with Crippen molar-refractivity contribution in [2.24, 2.45) is 0 Å². The number of carbonyl (C=O) groups excluding carboxylic acids is 1. The quantitative estimate of drug-likeness (QED) is 0.343. The van der Waals surface area contributed by atoms with E-state index in [1.165, 1.54) is 0 Å². The Morgan fingerprint density at radius 1 is 0.812 bits per heavy atom. The molecule has 2 aliphatic rings. The molecule has 0 saturated heterocycles. The number of anilines is 2. The van der Waals surface area contributed by atoms with E-state index in [9.17, 15) is 4.79 Å². The fourth-order valence-electron chi connectivity index (χ4n) is 4.62. The van der Waals surface area contributed by atoms with Crippen molar-refractivity contribution in [3.05, 3.63) is 118 Å². The van der Waals surface area contributed by atoms with Gasteiger partial charge in [0.15, 0.2) is 5.60 Å². The highest BCUT2D eigenvalue weighted by atomic mass is 35.5. The fraction of sp³-hybridized carbons (Fsp3) is 0.0741. The third-order valence-electron chi connectivity index (χ3n) is 6.11. The number of halogens is 1. The van der Waals surface area contributed by atoms with Crippen molar-refractivity contribution in [2.75, 3.05) is 5.32 Å². The highest BCUT2D eigenvalue weighted by Crippen LogP contribution is 2.57. The molecule has 5 heteroatoms. The molecular weight excluding hydrogens is 422 g/mol. The van der Waals surface area contributed by atoms with Gasteiger partial charge in [-0.2, -0.15) is 0 Å². The van der Waals surface area contributed by atoms with Crippen molar-refractivity contribution in [1.82, 2.24) is 0 Å². The molecule has 32 heavy (non-hydrogen) atoms. The predicted octanol–water partition coefficient (Wildman–Crippen LogP) is 6.96. The number of hydrogen-bond acceptors (Lipinski definition) is 4. The standard InChI is InChI=1S/C27H18ClNO3/c1-16-7-2-4-11-22(16)29-17-13-14-19-24(15-17)31-23-12-5-3-8-18(23)27(19)20-9-6-10-21(28)25(20)26(30)32-27/h2-15,29H,1H3. The van der Waals surface area contributed by atoms with E-state index in [1.807, 2.05) is 72.8 Å². The number of nitrogens with one attached hydrogen (secondary N) is 1. The molecule has 2 heterocycles. The first-order valence-corrected chi connectivity index (χ1v) is 10.7. The number of para-hydroxylation sites is 2. The van der Waals surface area contributed by atoms with E-state index in [2.05, 4.69) is 18.3 Å². The van der Waals surface area contributed by atoms with E-state index in [4.69, 9.17) is 21.1 Å². The van der Waals surface area contributed by atoms with Crippen molar-refractivity contribution < 1.29 is 14.3 Å². The van der Waals surface area contributed by atoms with Crippen molar-refractivity contribution in [3.8, 4) is 11.5 Å². The first-order chi connectivity index (χ1) is 15.6. The minimum Gasteiger partial charge on any atom is -0.456 e. The van der Waals surface area contributed by atoms with Crippen LogP contribution in [0.5, 0.6) is 11.5 Å². The minimum atomic E-state index is -1.11. The topological polar surface area (TPSA) is 47.6 Å². The van der Waals surface area contributed by atoms with Crippen molar-refractivity contribution in [2.45, 2.75) is 12.5 Å². The van der Waals surface area contributed by atoms with Crippen LogP contribution >= 0.6 is 11.6 Å². The van der Waals surface area contributed by atoms with E-state index < -0.39 is 11.6 Å². The molecule has 1 unspecified atom stereocenters. The van der Waals surface area contributed by atoms with Gasteiger partial charge in [0.25, 0.3) is 0 Å². The van der Waals surface area contributed by atoms with Gasteiger partial charge in [-0.05, 0) is 42.8 Å². The molecule has 1 atom stereocenters. The Morgan fingerprint density at radius 3 is 2.44 bits per heavy atom. The summed E-state index contributed by atoms with van der Waals surface area (Å²) in [6, 6.07) is 27.1. The molecule has 6 rings (SSSR count). The lowest BCUT2D eigenvalue weighted by molar-refractivity contribution is 0.0224. The van der Waals surface area contributed by atoms with E-state index in [0.717, 1.165) is 33.6 Å². The SMILES string of the molecule is Cc1ccccc1Nc1ccc2c(c1)Oc1ccccc1C21OC(=O)c2c(Cl)cccc21. The van der Waals surface area contributed by atoms with Gasteiger partial charge in [0.05, 0.1) is 10.6 Å². The lowest BCUT2D eigenvalue weighted by atomic mass is 9.77. The molecule has 4 aromatic carbocycles. The maximum absolute atomic E-state index is 13.0. The Hall–Kier alpha value is -3.76. The Labute approximate surface area is 190 Å². The highest BCUT2D eigenvalue weighted by Gasteiger charge is 2.54. The van der Waals surface area contributed by atoms with Crippen LogP contribution in [0.25, 0.3) is 0 Å². The molecule has 0 saturated carbocycles. The minimum absolute atomic E-state index is 0.382. The van der Waals surface area contributed by atoms with E-state index in [1.54, 1.807) is 6.07 Å². The Balaban J connectivity index is 1.56. The summed E-state index contributed by atoms with van der Waals surface area (Å²) in [4.78, 5) is 13.0. The van der Waals surface area contributed by atoms with Crippen LogP contribution in [0, 0.1) is 6.92 Å². The van der Waals surface area contributed by atoms with Gasteiger partial charge in [-0.15, -0.1) is 0 Å². The van der Waals surface area contributed by atoms with Crippen LogP contribution in [0.3, 0.4) is 0 Å². The second-order valence-corrected chi connectivity index (χ2v) is 8.39. The van der Waals surface area contributed by atoms with Gasteiger partial charge in [0.2, 0.25) is 0 Å². The molecule has 1 spiro atoms. The monoisotopic (exact) mass is 439 g/mol. The molecule has 2 aliphatic heterocycles. The summed E-state index contributed by atoms with van der Waals surface area (Å²) in [5.74, 6) is 0.840. The molecular formula is C27H18ClNO3. The summed E-state index contributed by atoms with van der Waals surface area (Å²) in [5.41, 5.74) is 4.60. The normalized spacial score (nSPS) is 17.8. The summed E-state index contributed by atoms with van der Waals surface area (Å²) in [5, 5.41) is 3.84. The van der Waals surface area contributed by atoms with Gasteiger partial charge in [0, 0.05) is 34.1 Å². The highest BCUT2D eigenvalue weighted by molar-refractivity contribution is 6.34. The van der Waals surface area contributed by atoms with Crippen molar-refractivity contribution >= 4 is 28.9 Å². The molecule has 0 bridgehead atoms. The number of fused-ring (bicyclic) bond motifs is 6. The molecule has 0 fully saturated rings. The van der Waals surface area contributed by atoms with E-state index >= 15 is 0 Å². The lowest BCUT2D eigenvalue weighted by Gasteiger charge is -2.36. The lowest BCUT2D eigenvalue weighted by Crippen LogP contribution is -2.32. The average molecular weight is 440 g/mol. The molecule has 4 nitrogen and oxygen atoms in total. The zero-order valence-corrected chi connectivity index (χ0v) is 17.9. The number of ether oxygens (including phenoxy) is 2. The zero-order chi connectivity index (χ0) is 21.9. The van der Waals surface area contributed by atoms with E-state index in [0.29, 0.717) is 22.1 Å². The molecule has 1 N–H and O–H groups in total. The first-order valence-electron chi connectivity index (χ1n) is 10.3. The van der Waals surface area contributed by atoms with Crippen LogP contribution in [0.15, 0.2) is 84.9 Å². The maximum atomic E-state index is 13.0. The first kappa shape index (κ1) is 19.0. The summed E-state index contributed by atoms with van der Waals surface area (Å²) < 4.78 is 12.4. The maximum Gasteiger partial charge on any atom is 0.341 e. The average Bonchev–Trinajstić information content (AvgIpc) is 3.09. The van der Waals surface area contributed by atoms with E-state index in [-0.39, 0.29) is 0 Å². The number of hydrogen-bond donors (Lipinski definition) is 1. The molecule has 4 aromatic rings. The Kier molecular flexibility index (Phi) is 4.07. The summed E-state index contributed by atoms with van der Waals surface area (Å²) in [6.07, 6.45) is 0. The number of benzene rings is 4. The number of esters is 1. The molecule has 0 amide bonds. The zero-order valence-electron chi connectivity index (χ0n) is 17.2. The summed E-state index contributed by atoms with van der Waals surface area (Å²) >= 11 is 6.41. The second-order valence-electron chi connectivity index (χ2n) is 7.98. The molecule has 0 radical (unpaired) electrons. The fourth-order valence-corrected chi connectivity index (χ4v) is 4.88.